The van der Waals surface area contributed by atoms with Crippen LogP contribution in [-0.4, -0.2) is 11.7 Å². The molecule has 1 rings (SSSR count). The van der Waals surface area contributed by atoms with Crippen LogP contribution in [0.5, 0.6) is 0 Å². The van der Waals surface area contributed by atoms with Crippen molar-refractivity contribution in [2.45, 2.75) is 0 Å². The van der Waals surface area contributed by atoms with Crippen molar-refractivity contribution in [2.24, 2.45) is 7.05 Å². The van der Waals surface area contributed by atoms with Gasteiger partial charge in [-0.3, -0.25) is 4.79 Å². The molecule has 0 saturated heterocycles. The number of aromatic nitrogens is 1. The summed E-state index contributed by atoms with van der Waals surface area (Å²) in [5, 5.41) is 0. The highest BCUT2D eigenvalue weighted by molar-refractivity contribution is 5.60. The highest BCUT2D eigenvalue weighted by Gasteiger charge is 2.03. The summed E-state index contributed by atoms with van der Waals surface area (Å²) >= 11 is 0. The fourth-order valence-corrected chi connectivity index (χ4v) is 1.01. The Morgan fingerprint density at radius 1 is 1.69 bits per heavy atom. The van der Waals surface area contributed by atoms with E-state index in [4.69, 9.17) is 10.5 Å². The molecule has 0 aromatic carbocycles. The van der Waals surface area contributed by atoms with Gasteiger partial charge < -0.3 is 15.0 Å². The van der Waals surface area contributed by atoms with Crippen LogP contribution in [0.1, 0.15) is 5.56 Å². The van der Waals surface area contributed by atoms with Gasteiger partial charge in [0.15, 0.2) is 0 Å². The summed E-state index contributed by atoms with van der Waals surface area (Å²) in [6.45, 7) is 3.66. The van der Waals surface area contributed by atoms with E-state index in [9.17, 15) is 4.79 Å². The first-order valence-corrected chi connectivity index (χ1v) is 3.75. The van der Waals surface area contributed by atoms with Crippen molar-refractivity contribution in [1.29, 1.82) is 0 Å². The van der Waals surface area contributed by atoms with Crippen LogP contribution >= 0.6 is 0 Å². The molecule has 1 aromatic heterocycles. The lowest BCUT2D eigenvalue weighted by Crippen LogP contribution is -2.20. The Kier molecular flexibility index (Phi) is 2.41. The van der Waals surface area contributed by atoms with Gasteiger partial charge in [-0.15, -0.1) is 0 Å². The molecule has 0 bridgehead atoms. The maximum absolute atomic E-state index is 11.2. The quantitative estimate of drug-likeness (QED) is 0.677. The van der Waals surface area contributed by atoms with E-state index in [0.717, 1.165) is 0 Å². The Bertz CT molecular complexity index is 367. The molecule has 1 heterocycles. The average Bonchev–Trinajstić information content (AvgIpc) is 2.12. The number of rotatable bonds is 2. The van der Waals surface area contributed by atoms with E-state index in [1.54, 1.807) is 19.3 Å². The third kappa shape index (κ3) is 1.72. The van der Waals surface area contributed by atoms with Gasteiger partial charge >= 0.3 is 0 Å². The number of methoxy groups -OCH3 is 1. The summed E-state index contributed by atoms with van der Waals surface area (Å²) in [5.74, 6) is 0.488. The zero-order valence-electron chi connectivity index (χ0n) is 7.70. The fraction of sp³-hybridized carbons (Fsp3) is 0.222. The highest BCUT2D eigenvalue weighted by Crippen LogP contribution is 2.12. The van der Waals surface area contributed by atoms with Gasteiger partial charge in [0.2, 0.25) is 0 Å². The number of nitrogens with two attached hydrogens (primary N) is 1. The zero-order chi connectivity index (χ0) is 10.0. The highest BCUT2D eigenvalue weighted by atomic mass is 16.5. The molecule has 0 unspecified atom stereocenters. The lowest BCUT2D eigenvalue weighted by Gasteiger charge is -2.06. The Balaban J connectivity index is 3.29. The van der Waals surface area contributed by atoms with Crippen molar-refractivity contribution in [3.05, 3.63) is 34.8 Å². The van der Waals surface area contributed by atoms with E-state index in [-0.39, 0.29) is 11.2 Å². The maximum Gasteiger partial charge on any atom is 0.273 e. The molecule has 0 atom stereocenters. The van der Waals surface area contributed by atoms with E-state index in [1.165, 1.54) is 11.7 Å². The van der Waals surface area contributed by atoms with E-state index in [1.807, 2.05) is 0 Å². The molecular formula is C9H12N2O2. The van der Waals surface area contributed by atoms with Crippen molar-refractivity contribution in [1.82, 2.24) is 4.57 Å². The molecule has 2 N–H and O–H groups in total. The first kappa shape index (κ1) is 9.38. The van der Waals surface area contributed by atoms with Crippen molar-refractivity contribution < 1.29 is 4.74 Å². The number of anilines is 1. The molecule has 0 spiro atoms. The van der Waals surface area contributed by atoms with Crippen LogP contribution in [0.4, 0.5) is 5.69 Å². The third-order valence-electron chi connectivity index (χ3n) is 1.78. The molecule has 4 nitrogen and oxygen atoms in total. The largest absolute Gasteiger partial charge is 0.497 e. The second-order valence-electron chi connectivity index (χ2n) is 2.73. The Morgan fingerprint density at radius 2 is 2.31 bits per heavy atom. The fourth-order valence-electron chi connectivity index (χ4n) is 1.01. The topological polar surface area (TPSA) is 57.2 Å². The van der Waals surface area contributed by atoms with Gasteiger partial charge in [-0.1, -0.05) is 6.58 Å². The van der Waals surface area contributed by atoms with Gasteiger partial charge in [-0.25, -0.2) is 0 Å². The van der Waals surface area contributed by atoms with Gasteiger partial charge in [0.1, 0.15) is 5.76 Å². The van der Waals surface area contributed by atoms with Crippen molar-refractivity contribution >= 4 is 11.4 Å². The molecule has 1 aromatic rings. The Morgan fingerprint density at radius 3 is 2.77 bits per heavy atom. The standard InChI is InChI=1S/C9H12N2O2/c1-6(13-3)7-4-8(10)9(12)11(2)5-7/h4-5H,1,10H2,2-3H3. The number of hydrogen-bond acceptors (Lipinski definition) is 3. The molecule has 0 aliphatic heterocycles. The minimum absolute atomic E-state index is 0.193. The van der Waals surface area contributed by atoms with Crippen LogP contribution in [0.2, 0.25) is 0 Å². The zero-order valence-corrected chi connectivity index (χ0v) is 7.70. The number of pyridine rings is 1. The molecular weight excluding hydrogens is 168 g/mol. The van der Waals surface area contributed by atoms with Crippen LogP contribution < -0.4 is 11.3 Å². The summed E-state index contributed by atoms with van der Waals surface area (Å²) < 4.78 is 6.32. The van der Waals surface area contributed by atoms with Crippen LogP contribution in [0.3, 0.4) is 0 Å². The van der Waals surface area contributed by atoms with Gasteiger partial charge in [0, 0.05) is 18.8 Å². The molecule has 0 aliphatic carbocycles. The monoisotopic (exact) mass is 180 g/mol. The number of aryl methyl sites for hydroxylation is 1. The molecule has 0 fully saturated rings. The predicted octanol–water partition coefficient (Wildman–Crippen LogP) is 0.585. The second kappa shape index (κ2) is 3.35. The predicted molar refractivity (Wildman–Crippen MR) is 52.1 cm³/mol. The third-order valence-corrected chi connectivity index (χ3v) is 1.78. The van der Waals surface area contributed by atoms with Gasteiger partial charge in [-0.05, 0) is 6.07 Å². The van der Waals surface area contributed by atoms with Gasteiger partial charge in [-0.2, -0.15) is 0 Å². The molecule has 13 heavy (non-hydrogen) atoms. The Labute approximate surface area is 76.2 Å². The Hall–Kier alpha value is -1.71. The molecule has 0 radical (unpaired) electrons. The van der Waals surface area contributed by atoms with Gasteiger partial charge in [0.05, 0.1) is 12.8 Å². The molecule has 4 heteroatoms. The minimum atomic E-state index is -0.215. The maximum atomic E-state index is 11.2. The molecule has 70 valence electrons. The molecule has 0 amide bonds. The van der Waals surface area contributed by atoms with Crippen LogP contribution in [0.25, 0.3) is 5.76 Å². The number of ether oxygens (including phenoxy) is 1. The van der Waals surface area contributed by atoms with Gasteiger partial charge in [0.25, 0.3) is 5.56 Å². The van der Waals surface area contributed by atoms with Crippen LogP contribution in [-0.2, 0) is 11.8 Å². The van der Waals surface area contributed by atoms with E-state index < -0.39 is 0 Å². The lowest BCUT2D eigenvalue weighted by molar-refractivity contribution is 0.371. The number of nitrogen functional groups attached to an aromatic ring is 1. The van der Waals surface area contributed by atoms with E-state index >= 15 is 0 Å². The number of hydrogen-bond donors (Lipinski definition) is 1. The SMILES string of the molecule is C=C(OC)c1cc(N)c(=O)n(C)c1. The number of nitrogens with zero attached hydrogens (tertiary/aromatic N) is 1. The molecule has 0 saturated carbocycles. The van der Waals surface area contributed by atoms with E-state index in [2.05, 4.69) is 6.58 Å². The van der Waals surface area contributed by atoms with Crippen molar-refractivity contribution in [2.75, 3.05) is 12.8 Å². The summed E-state index contributed by atoms with van der Waals surface area (Å²) in [7, 11) is 3.15. The van der Waals surface area contributed by atoms with Crippen LogP contribution in [0.15, 0.2) is 23.6 Å². The first-order valence-electron chi connectivity index (χ1n) is 3.75. The average molecular weight is 180 g/mol. The summed E-state index contributed by atoms with van der Waals surface area (Å²) in [5.41, 5.74) is 6.17. The van der Waals surface area contributed by atoms with Crippen molar-refractivity contribution in [3.8, 4) is 0 Å². The summed E-state index contributed by atoms with van der Waals surface area (Å²) in [6.07, 6.45) is 1.63. The summed E-state index contributed by atoms with van der Waals surface area (Å²) in [6, 6.07) is 1.55. The summed E-state index contributed by atoms with van der Waals surface area (Å²) in [4.78, 5) is 11.2. The van der Waals surface area contributed by atoms with Crippen LogP contribution in [0, 0.1) is 0 Å². The molecule has 0 aliphatic rings. The smallest absolute Gasteiger partial charge is 0.273 e. The first-order chi connectivity index (χ1) is 6.06. The second-order valence-corrected chi connectivity index (χ2v) is 2.73. The normalized spacial score (nSPS) is 9.69. The van der Waals surface area contributed by atoms with E-state index in [0.29, 0.717) is 11.3 Å². The lowest BCUT2D eigenvalue weighted by atomic mass is 10.2. The van der Waals surface area contributed by atoms with Crippen molar-refractivity contribution in [3.63, 3.8) is 0 Å². The minimum Gasteiger partial charge on any atom is -0.497 e.